The smallest absolute Gasteiger partial charge is 0.289 e. The number of fused-ring (bicyclic) bond motifs is 1. The van der Waals surface area contributed by atoms with Gasteiger partial charge in [0.05, 0.1) is 6.26 Å². The van der Waals surface area contributed by atoms with E-state index in [0.717, 1.165) is 10.8 Å². The Hall–Kier alpha value is -2.22. The molecule has 2 aromatic carbocycles. The molecule has 3 rings (SSSR count). The van der Waals surface area contributed by atoms with Crippen molar-refractivity contribution in [3.8, 4) is 11.7 Å². The standard InChI is InChI=1S/C14H9O2/c1-2-5-12-10-13(8-7-11(12)4-1)16-14-6-3-9-15-14/h1-9H. The van der Waals surface area contributed by atoms with E-state index in [0.29, 0.717) is 11.7 Å². The lowest BCUT2D eigenvalue weighted by molar-refractivity contribution is 0.346. The van der Waals surface area contributed by atoms with Crippen LogP contribution in [-0.4, -0.2) is 0 Å². The summed E-state index contributed by atoms with van der Waals surface area (Å²) < 4.78 is 10.6. The van der Waals surface area contributed by atoms with E-state index in [4.69, 9.17) is 9.15 Å². The molecule has 0 aliphatic rings. The van der Waals surface area contributed by atoms with Gasteiger partial charge in [-0.15, -0.1) is 0 Å². The zero-order valence-electron chi connectivity index (χ0n) is 8.51. The average Bonchev–Trinajstić information content (AvgIpc) is 2.82. The molecule has 0 aliphatic carbocycles. The van der Waals surface area contributed by atoms with Crippen molar-refractivity contribution in [3.63, 3.8) is 0 Å². The van der Waals surface area contributed by atoms with Crippen molar-refractivity contribution in [1.82, 2.24) is 0 Å². The van der Waals surface area contributed by atoms with Gasteiger partial charge in [-0.3, -0.25) is 0 Å². The second-order valence-corrected chi connectivity index (χ2v) is 3.44. The first-order valence-corrected chi connectivity index (χ1v) is 5.04. The molecule has 2 heteroatoms. The van der Waals surface area contributed by atoms with Crippen molar-refractivity contribution in [2.75, 3.05) is 0 Å². The van der Waals surface area contributed by atoms with Crippen LogP contribution in [0.2, 0.25) is 0 Å². The van der Waals surface area contributed by atoms with Crippen molar-refractivity contribution in [3.05, 3.63) is 60.9 Å². The van der Waals surface area contributed by atoms with Crippen molar-refractivity contribution in [1.29, 1.82) is 0 Å². The van der Waals surface area contributed by atoms with Gasteiger partial charge in [0.2, 0.25) is 0 Å². The van der Waals surface area contributed by atoms with Gasteiger partial charge < -0.3 is 9.15 Å². The third kappa shape index (κ3) is 1.65. The van der Waals surface area contributed by atoms with Crippen LogP contribution in [0.3, 0.4) is 0 Å². The molecule has 0 saturated heterocycles. The van der Waals surface area contributed by atoms with Crippen LogP contribution in [0.4, 0.5) is 0 Å². The van der Waals surface area contributed by atoms with Gasteiger partial charge in [0.15, 0.2) is 0 Å². The van der Waals surface area contributed by atoms with Crippen molar-refractivity contribution in [2.24, 2.45) is 0 Å². The Labute approximate surface area is 93.1 Å². The van der Waals surface area contributed by atoms with Gasteiger partial charge in [0.25, 0.3) is 5.95 Å². The van der Waals surface area contributed by atoms with Crippen LogP contribution < -0.4 is 4.74 Å². The summed E-state index contributed by atoms with van der Waals surface area (Å²) >= 11 is 0. The minimum absolute atomic E-state index is 0.478. The first-order chi connectivity index (χ1) is 7.92. The number of rotatable bonds is 2. The van der Waals surface area contributed by atoms with E-state index in [1.54, 1.807) is 18.4 Å². The van der Waals surface area contributed by atoms with Crippen LogP contribution in [0.25, 0.3) is 10.8 Å². The van der Waals surface area contributed by atoms with E-state index in [9.17, 15) is 0 Å². The van der Waals surface area contributed by atoms with Gasteiger partial charge in [0, 0.05) is 12.1 Å². The molecule has 0 fully saturated rings. The fraction of sp³-hybridized carbons (Fsp3) is 0. The minimum atomic E-state index is 0.478. The third-order valence-electron chi connectivity index (χ3n) is 2.34. The highest BCUT2D eigenvalue weighted by Crippen LogP contribution is 2.24. The summed E-state index contributed by atoms with van der Waals surface area (Å²) in [6, 6.07) is 18.7. The molecule has 3 aromatic rings. The highest BCUT2D eigenvalue weighted by atomic mass is 16.6. The molecular formula is C14H9O2. The average molecular weight is 209 g/mol. The number of ether oxygens (including phenoxy) is 1. The molecule has 0 bridgehead atoms. The van der Waals surface area contributed by atoms with Crippen LogP contribution in [0.5, 0.6) is 11.7 Å². The fourth-order valence-electron chi connectivity index (χ4n) is 1.59. The van der Waals surface area contributed by atoms with Crippen LogP contribution in [0.15, 0.2) is 59.2 Å². The van der Waals surface area contributed by atoms with Crippen molar-refractivity contribution < 1.29 is 9.15 Å². The molecule has 0 saturated carbocycles. The summed E-state index contributed by atoms with van der Waals surface area (Å²) in [5.74, 6) is 1.14. The zero-order valence-corrected chi connectivity index (χ0v) is 8.51. The predicted octanol–water partition coefficient (Wildman–Crippen LogP) is 4.03. The molecule has 0 aliphatic heterocycles. The number of hydrogen-bond acceptors (Lipinski definition) is 2. The van der Waals surface area contributed by atoms with E-state index in [-0.39, 0.29) is 0 Å². The van der Waals surface area contributed by atoms with E-state index in [1.165, 1.54) is 0 Å². The maximum Gasteiger partial charge on any atom is 0.289 e. The zero-order chi connectivity index (χ0) is 10.8. The Morgan fingerprint density at radius 3 is 2.75 bits per heavy atom. The molecule has 77 valence electrons. The summed E-state index contributed by atoms with van der Waals surface area (Å²) in [4.78, 5) is 0. The Morgan fingerprint density at radius 2 is 1.88 bits per heavy atom. The SMILES string of the molecule is [c]1c(Oc2ccco2)ccc2ccccc12. The van der Waals surface area contributed by atoms with Crippen molar-refractivity contribution >= 4 is 10.8 Å². The maximum atomic E-state index is 5.50. The number of furan rings is 1. The highest BCUT2D eigenvalue weighted by Gasteiger charge is 2.00. The van der Waals surface area contributed by atoms with E-state index in [1.807, 2.05) is 36.4 Å². The Bertz CT molecular complexity index is 597. The fourth-order valence-corrected chi connectivity index (χ4v) is 1.59. The second-order valence-electron chi connectivity index (χ2n) is 3.44. The number of hydrogen-bond donors (Lipinski definition) is 0. The lowest BCUT2D eigenvalue weighted by Crippen LogP contribution is -1.82. The molecule has 1 heterocycles. The maximum absolute atomic E-state index is 5.50. The predicted molar refractivity (Wildman–Crippen MR) is 61.6 cm³/mol. The topological polar surface area (TPSA) is 22.4 Å². The Morgan fingerprint density at radius 1 is 0.938 bits per heavy atom. The first kappa shape index (κ1) is 9.04. The van der Waals surface area contributed by atoms with Gasteiger partial charge in [-0.2, -0.15) is 0 Å². The summed E-state index contributed by atoms with van der Waals surface area (Å²) in [7, 11) is 0. The summed E-state index contributed by atoms with van der Waals surface area (Å²) in [6.07, 6.45) is 1.58. The summed E-state index contributed by atoms with van der Waals surface area (Å²) in [5.41, 5.74) is 0. The van der Waals surface area contributed by atoms with Gasteiger partial charge in [-0.05, 0) is 22.9 Å². The third-order valence-corrected chi connectivity index (χ3v) is 2.34. The molecule has 0 amide bonds. The van der Waals surface area contributed by atoms with E-state index < -0.39 is 0 Å². The van der Waals surface area contributed by atoms with Gasteiger partial charge in [-0.1, -0.05) is 30.3 Å². The molecule has 0 unspecified atom stereocenters. The molecule has 1 radical (unpaired) electrons. The van der Waals surface area contributed by atoms with Gasteiger partial charge in [-0.25, -0.2) is 0 Å². The highest BCUT2D eigenvalue weighted by molar-refractivity contribution is 5.83. The quantitative estimate of drug-likeness (QED) is 0.635. The van der Waals surface area contributed by atoms with Gasteiger partial charge in [0.1, 0.15) is 5.75 Å². The van der Waals surface area contributed by atoms with Crippen molar-refractivity contribution in [2.45, 2.75) is 0 Å². The van der Waals surface area contributed by atoms with Crippen LogP contribution >= 0.6 is 0 Å². The molecular weight excluding hydrogens is 200 g/mol. The van der Waals surface area contributed by atoms with Crippen LogP contribution in [0.1, 0.15) is 0 Å². The molecule has 1 aromatic heterocycles. The molecule has 0 N–H and O–H groups in total. The van der Waals surface area contributed by atoms with E-state index in [2.05, 4.69) is 6.07 Å². The lowest BCUT2D eigenvalue weighted by atomic mass is 10.1. The molecule has 16 heavy (non-hydrogen) atoms. The monoisotopic (exact) mass is 209 g/mol. The second kappa shape index (κ2) is 3.74. The number of benzene rings is 2. The molecule has 2 nitrogen and oxygen atoms in total. The summed E-state index contributed by atoms with van der Waals surface area (Å²) in [5, 5.41) is 2.18. The Balaban J connectivity index is 1.99. The normalized spacial score (nSPS) is 10.5. The first-order valence-electron chi connectivity index (χ1n) is 5.04. The van der Waals surface area contributed by atoms with Crippen LogP contribution in [-0.2, 0) is 0 Å². The minimum Gasteiger partial charge on any atom is -0.434 e. The molecule has 0 spiro atoms. The largest absolute Gasteiger partial charge is 0.434 e. The van der Waals surface area contributed by atoms with Gasteiger partial charge >= 0.3 is 0 Å². The lowest BCUT2D eigenvalue weighted by Gasteiger charge is -2.02. The Kier molecular flexibility index (Phi) is 2.11. The summed E-state index contributed by atoms with van der Waals surface area (Å²) in [6.45, 7) is 0. The van der Waals surface area contributed by atoms with Crippen LogP contribution in [0, 0.1) is 6.07 Å². The van der Waals surface area contributed by atoms with E-state index >= 15 is 0 Å². The molecule has 0 atom stereocenters.